The van der Waals surface area contributed by atoms with Crippen LogP contribution in [-0.4, -0.2) is 33.9 Å². The summed E-state index contributed by atoms with van der Waals surface area (Å²) in [4.78, 5) is 22.2. The summed E-state index contributed by atoms with van der Waals surface area (Å²) in [5, 5.41) is 12.6. The van der Waals surface area contributed by atoms with Crippen LogP contribution in [0.1, 0.15) is 54.9 Å². The number of halogens is 2. The molecule has 0 amide bonds. The number of aliphatic imine (C=N–C) groups is 1. The van der Waals surface area contributed by atoms with Crippen LogP contribution in [0, 0.1) is 5.82 Å². The Hall–Kier alpha value is -3.21. The highest BCUT2D eigenvalue weighted by atomic mass is 79.9. The van der Waals surface area contributed by atoms with Gasteiger partial charge in [0.25, 0.3) is 5.56 Å². The number of rotatable bonds is 9. The van der Waals surface area contributed by atoms with E-state index in [1.165, 1.54) is 6.07 Å². The highest BCUT2D eigenvalue weighted by Crippen LogP contribution is 2.28. The van der Waals surface area contributed by atoms with E-state index in [9.17, 15) is 9.18 Å². The van der Waals surface area contributed by atoms with Crippen molar-refractivity contribution in [3.63, 3.8) is 0 Å². The predicted molar refractivity (Wildman–Crippen MR) is 127 cm³/mol. The van der Waals surface area contributed by atoms with Crippen LogP contribution in [0.3, 0.4) is 0 Å². The summed E-state index contributed by atoms with van der Waals surface area (Å²) in [5.74, 6) is 2.19. The number of fused-ring (bicyclic) bond motifs is 2. The Bertz CT molecular complexity index is 1440. The topological polar surface area (TPSA) is 103 Å². The zero-order valence-corrected chi connectivity index (χ0v) is 20.3. The maximum atomic E-state index is 13.9. The summed E-state index contributed by atoms with van der Waals surface area (Å²) >= 11 is 3.44. The van der Waals surface area contributed by atoms with Gasteiger partial charge in [-0.1, -0.05) is 43.1 Å². The molecule has 11 heteroatoms. The first-order valence-corrected chi connectivity index (χ1v) is 12.1. The molecule has 9 nitrogen and oxygen atoms in total. The number of benzene rings is 1. The second kappa shape index (κ2) is 9.57. The first-order chi connectivity index (χ1) is 16.5. The Morgan fingerprint density at radius 2 is 2.03 bits per heavy atom. The quantitative estimate of drug-likeness (QED) is 0.305. The van der Waals surface area contributed by atoms with E-state index in [0.29, 0.717) is 66.1 Å². The van der Waals surface area contributed by atoms with Gasteiger partial charge in [0.2, 0.25) is 11.7 Å². The molecule has 3 aromatic heterocycles. The lowest BCUT2D eigenvalue weighted by Gasteiger charge is -2.12. The van der Waals surface area contributed by atoms with E-state index in [1.54, 1.807) is 22.6 Å². The van der Waals surface area contributed by atoms with E-state index in [-0.39, 0.29) is 17.8 Å². The molecule has 0 spiro atoms. The van der Waals surface area contributed by atoms with Crippen LogP contribution >= 0.6 is 15.9 Å². The van der Waals surface area contributed by atoms with Gasteiger partial charge in [-0.15, -0.1) is 10.2 Å². The summed E-state index contributed by atoms with van der Waals surface area (Å²) in [5.41, 5.74) is 0.992. The molecule has 1 aromatic carbocycles. The molecule has 0 atom stereocenters. The number of unbranched alkanes of at least 4 members (excludes halogenated alkanes) is 2. The minimum Gasteiger partial charge on any atom is -0.339 e. The summed E-state index contributed by atoms with van der Waals surface area (Å²) in [6, 6.07) is 6.51. The predicted octanol–water partition coefficient (Wildman–Crippen LogP) is 3.96. The van der Waals surface area contributed by atoms with Crippen molar-refractivity contribution in [3.05, 3.63) is 69.1 Å². The van der Waals surface area contributed by atoms with Crippen molar-refractivity contribution in [1.29, 1.82) is 0 Å². The van der Waals surface area contributed by atoms with Crippen molar-refractivity contribution in [2.45, 2.75) is 58.4 Å². The van der Waals surface area contributed by atoms with Crippen molar-refractivity contribution in [2.24, 2.45) is 4.99 Å². The van der Waals surface area contributed by atoms with Gasteiger partial charge in [0.05, 0.1) is 10.2 Å². The van der Waals surface area contributed by atoms with Gasteiger partial charge in [-0.3, -0.25) is 9.36 Å². The van der Waals surface area contributed by atoms with E-state index >= 15 is 0 Å². The van der Waals surface area contributed by atoms with Gasteiger partial charge in [0.15, 0.2) is 5.82 Å². The molecule has 34 heavy (non-hydrogen) atoms. The summed E-state index contributed by atoms with van der Waals surface area (Å²) in [6.07, 6.45) is 4.61. The molecule has 0 bridgehead atoms. The zero-order chi connectivity index (χ0) is 23.7. The standard InChI is InChI=1S/C23H23BrFN7O2/c1-2-3-6-11-31-21-15(13-17(24)26-21)22(33)32-19(28-29-23(31)32)9-10-20-27-18(30-34-20)12-14-7-4-5-8-16(14)25/h4-5,7-8H,2-3,6,9-13H2,1H3. The van der Waals surface area contributed by atoms with Crippen LogP contribution in [0.25, 0.3) is 5.78 Å². The van der Waals surface area contributed by atoms with Crippen LogP contribution in [0.5, 0.6) is 0 Å². The molecule has 0 unspecified atom stereocenters. The van der Waals surface area contributed by atoms with E-state index in [0.717, 1.165) is 23.9 Å². The lowest BCUT2D eigenvalue weighted by Crippen LogP contribution is -2.24. The van der Waals surface area contributed by atoms with Crippen LogP contribution in [-0.2, 0) is 32.2 Å². The molecule has 0 saturated carbocycles. The summed E-state index contributed by atoms with van der Waals surface area (Å²) in [7, 11) is 0. The highest BCUT2D eigenvalue weighted by Gasteiger charge is 2.25. The second-order valence-corrected chi connectivity index (χ2v) is 9.17. The molecule has 4 aromatic rings. The van der Waals surface area contributed by atoms with Gasteiger partial charge in [-0.2, -0.15) is 4.98 Å². The fourth-order valence-corrected chi connectivity index (χ4v) is 4.59. The lowest BCUT2D eigenvalue weighted by atomic mass is 10.1. The highest BCUT2D eigenvalue weighted by molar-refractivity contribution is 9.18. The third-order valence-electron chi connectivity index (χ3n) is 5.86. The zero-order valence-electron chi connectivity index (χ0n) is 18.7. The van der Waals surface area contributed by atoms with Crippen LogP contribution in [0.4, 0.5) is 10.2 Å². The Morgan fingerprint density at radius 1 is 1.18 bits per heavy atom. The number of hydrogen-bond donors (Lipinski definition) is 0. The van der Waals surface area contributed by atoms with Gasteiger partial charge < -0.3 is 4.52 Å². The summed E-state index contributed by atoms with van der Waals surface area (Å²) in [6.45, 7) is 2.86. The minimum absolute atomic E-state index is 0.152. The largest absolute Gasteiger partial charge is 0.339 e. The Balaban J connectivity index is 1.39. The van der Waals surface area contributed by atoms with Crippen LogP contribution in [0.15, 0.2) is 38.6 Å². The van der Waals surface area contributed by atoms with E-state index in [1.807, 2.05) is 4.57 Å². The molecular formula is C23H23BrFN7O2. The average Bonchev–Trinajstić information content (AvgIpc) is 3.55. The van der Waals surface area contributed by atoms with Crippen molar-refractivity contribution >= 4 is 32.1 Å². The van der Waals surface area contributed by atoms with Crippen LogP contribution < -0.4 is 5.56 Å². The minimum atomic E-state index is -0.304. The second-order valence-electron chi connectivity index (χ2n) is 8.26. The average molecular weight is 528 g/mol. The van der Waals surface area contributed by atoms with Crippen LogP contribution in [0.2, 0.25) is 0 Å². The van der Waals surface area contributed by atoms with Gasteiger partial charge in [0.1, 0.15) is 17.5 Å². The molecule has 4 heterocycles. The first kappa shape index (κ1) is 22.6. The first-order valence-electron chi connectivity index (χ1n) is 11.3. The van der Waals surface area contributed by atoms with Gasteiger partial charge >= 0.3 is 0 Å². The maximum Gasteiger partial charge on any atom is 0.266 e. The number of aryl methyl sites for hydroxylation is 3. The molecular weight excluding hydrogens is 505 g/mol. The normalized spacial score (nSPS) is 13.0. The Kier molecular flexibility index (Phi) is 6.36. The SMILES string of the molecule is CCCCCn1c2c(c(=O)n3c(CCc4nc(Cc5ccccc5F)no4)nnc13)CC(Br)=N2. The number of nitrogens with zero attached hydrogens (tertiary/aromatic N) is 7. The monoisotopic (exact) mass is 527 g/mol. The molecule has 0 fully saturated rings. The number of hydrogen-bond acceptors (Lipinski definition) is 7. The fourth-order valence-electron chi connectivity index (χ4n) is 4.14. The molecule has 1 aliphatic rings. The molecule has 1 aliphatic heterocycles. The fraction of sp³-hybridized carbons (Fsp3) is 0.391. The molecule has 0 N–H and O–H groups in total. The Labute approximate surface area is 202 Å². The van der Waals surface area contributed by atoms with E-state index < -0.39 is 0 Å². The molecule has 0 saturated heterocycles. The smallest absolute Gasteiger partial charge is 0.266 e. The van der Waals surface area contributed by atoms with Gasteiger partial charge in [-0.05, 0) is 34.0 Å². The molecule has 176 valence electrons. The van der Waals surface area contributed by atoms with E-state index in [2.05, 4.69) is 48.2 Å². The van der Waals surface area contributed by atoms with Crippen molar-refractivity contribution in [1.82, 2.24) is 29.3 Å². The number of aromatic nitrogens is 6. The molecule has 0 radical (unpaired) electrons. The van der Waals surface area contributed by atoms with Crippen molar-refractivity contribution in [2.75, 3.05) is 0 Å². The van der Waals surface area contributed by atoms with Gasteiger partial charge in [0, 0.05) is 32.2 Å². The Morgan fingerprint density at radius 3 is 2.85 bits per heavy atom. The third-order valence-corrected chi connectivity index (χ3v) is 6.31. The molecule has 5 rings (SSSR count). The van der Waals surface area contributed by atoms with Crippen molar-refractivity contribution in [3.8, 4) is 0 Å². The van der Waals surface area contributed by atoms with Crippen molar-refractivity contribution < 1.29 is 8.91 Å². The lowest BCUT2D eigenvalue weighted by molar-refractivity contribution is 0.372. The summed E-state index contributed by atoms with van der Waals surface area (Å²) < 4.78 is 23.5. The molecule has 0 aliphatic carbocycles. The van der Waals surface area contributed by atoms with E-state index in [4.69, 9.17) is 4.52 Å². The maximum absolute atomic E-state index is 13.9. The van der Waals surface area contributed by atoms with Gasteiger partial charge in [-0.25, -0.2) is 13.8 Å². The third kappa shape index (κ3) is 4.31.